The molecular weight excluding hydrogens is 1120 g/mol. The maximum absolute atomic E-state index is 12.9. The van der Waals surface area contributed by atoms with E-state index in [1.165, 1.54) is 18.2 Å². The first kappa shape index (κ1) is 63.8. The van der Waals surface area contributed by atoms with Crippen LogP contribution in [0.3, 0.4) is 0 Å². The Kier molecular flexibility index (Phi) is 21.3. The largest absolute Gasteiger partial charge is 0.481 e. The molecule has 0 bridgehead atoms. The van der Waals surface area contributed by atoms with Crippen LogP contribution in [0.5, 0.6) is 0 Å². The summed E-state index contributed by atoms with van der Waals surface area (Å²) >= 11 is 0. The molecular formula is C51H65NO21S5. The molecule has 2 unspecified atom stereocenters. The summed E-state index contributed by atoms with van der Waals surface area (Å²) in [5.41, 5.74) is -0.0760. The number of methoxy groups -OCH3 is 1. The molecule has 1 aliphatic rings. The first-order chi connectivity index (χ1) is 36.3. The summed E-state index contributed by atoms with van der Waals surface area (Å²) in [6.45, 7) is 11.5. The molecule has 1 aliphatic heterocycles. The van der Waals surface area contributed by atoms with Gasteiger partial charge in [-0.05, 0) is 115 Å². The molecule has 4 aromatic rings. The number of unbranched alkanes of at least 4 members (excludes halogenated alkanes) is 2. The maximum Gasteiger partial charge on any atom is 0.303 e. The van der Waals surface area contributed by atoms with Crippen molar-refractivity contribution < 1.29 is 93.7 Å². The van der Waals surface area contributed by atoms with Gasteiger partial charge < -0.3 is 29.0 Å². The number of aryl methyl sites for hydroxylation is 1. The predicted octanol–water partition coefficient (Wildman–Crippen LogP) is 7.28. The average molecular weight is 1190 g/mol. The van der Waals surface area contributed by atoms with Gasteiger partial charge in [0.25, 0.3) is 50.6 Å². The van der Waals surface area contributed by atoms with Gasteiger partial charge in [0.15, 0.2) is 0 Å². The van der Waals surface area contributed by atoms with Gasteiger partial charge >= 0.3 is 5.97 Å². The molecule has 4 aromatic carbocycles. The summed E-state index contributed by atoms with van der Waals surface area (Å²) in [5.74, 6) is -1.68. The van der Waals surface area contributed by atoms with Crippen molar-refractivity contribution in [1.82, 2.24) is 0 Å². The van der Waals surface area contributed by atoms with E-state index in [2.05, 4.69) is 6.58 Å². The number of allylic oxidation sites excluding steroid dienone is 7. The smallest absolute Gasteiger partial charge is 0.303 e. The second-order valence-corrected chi connectivity index (χ2v) is 26.2. The van der Waals surface area contributed by atoms with E-state index in [1.54, 1.807) is 57.4 Å². The normalized spacial score (nSPS) is 17.0. The Balaban J connectivity index is 1.65. The minimum atomic E-state index is -5.11. The summed E-state index contributed by atoms with van der Waals surface area (Å²) in [6.07, 6.45) is 9.22. The van der Waals surface area contributed by atoms with Gasteiger partial charge in [-0.25, -0.2) is 0 Å². The summed E-state index contributed by atoms with van der Waals surface area (Å²) in [5, 5.41) is 9.17. The van der Waals surface area contributed by atoms with Crippen LogP contribution in [0, 0.1) is 6.92 Å². The van der Waals surface area contributed by atoms with E-state index < -0.39 is 92.7 Å². The molecule has 0 amide bonds. The Bertz CT molecular complexity index is 3580. The molecule has 22 nitrogen and oxygen atoms in total. The predicted molar refractivity (Wildman–Crippen MR) is 290 cm³/mol. The van der Waals surface area contributed by atoms with Crippen LogP contribution in [0.1, 0.15) is 75.5 Å². The van der Waals surface area contributed by atoms with Crippen LogP contribution in [0.25, 0.3) is 21.5 Å². The van der Waals surface area contributed by atoms with Crippen LogP contribution < -0.4 is 4.90 Å². The van der Waals surface area contributed by atoms with Crippen LogP contribution in [-0.2, 0) is 85.2 Å². The third kappa shape index (κ3) is 16.1. The summed E-state index contributed by atoms with van der Waals surface area (Å²) in [4.78, 5) is 10.0. The minimum absolute atomic E-state index is 0.0372. The first-order valence-corrected chi connectivity index (χ1v) is 31.6. The fraction of sp³-hybridized carbons (Fsp3) is 0.431. The SMILES string of the molecule is C=C(/C=C/C=C/C=C1/N(CCCCCC(=O)O)c2ccc3c(S(=O)(=O)O)cc(S(=O)(=O)O)cc3c2C1(C)CCOCCOCCOCCOC)C(C)(CCCS(=O)(=O)O)c1c(C)ccc2c(S(=O)(=O)O)cc(S(=O)(=O)O)cc12. The van der Waals surface area contributed by atoms with Gasteiger partial charge in [-0.3, -0.25) is 27.6 Å². The first-order valence-electron chi connectivity index (χ1n) is 24.3. The van der Waals surface area contributed by atoms with Crippen molar-refractivity contribution in [2.45, 2.75) is 96.1 Å². The quantitative estimate of drug-likeness (QED) is 0.0164. The molecule has 27 heteroatoms. The number of nitrogens with zero attached hydrogens (tertiary/aromatic N) is 1. The zero-order valence-electron chi connectivity index (χ0n) is 43.3. The van der Waals surface area contributed by atoms with Crippen molar-refractivity contribution in [3.05, 3.63) is 113 Å². The Hall–Kier alpha value is -4.98. The Labute approximate surface area is 455 Å². The van der Waals surface area contributed by atoms with Crippen molar-refractivity contribution in [2.75, 3.05) is 70.6 Å². The highest BCUT2D eigenvalue weighted by atomic mass is 32.2. The number of ether oxygens (including phenoxy) is 4. The van der Waals surface area contributed by atoms with E-state index >= 15 is 0 Å². The number of rotatable bonds is 31. The van der Waals surface area contributed by atoms with Crippen LogP contribution in [-0.4, -0.2) is 142 Å². The highest BCUT2D eigenvalue weighted by molar-refractivity contribution is 7.87. The van der Waals surface area contributed by atoms with Crippen LogP contribution >= 0.6 is 0 Å². The van der Waals surface area contributed by atoms with E-state index in [0.29, 0.717) is 73.7 Å². The number of benzene rings is 4. The number of carboxylic acids is 1. The average Bonchev–Trinajstić information content (AvgIpc) is 3.56. The zero-order chi connectivity index (χ0) is 58.1. The molecule has 2 atom stereocenters. The third-order valence-electron chi connectivity index (χ3n) is 13.5. The Morgan fingerprint density at radius 1 is 0.667 bits per heavy atom. The number of fused-ring (bicyclic) bond motifs is 4. The molecule has 0 saturated heterocycles. The van der Waals surface area contributed by atoms with E-state index in [-0.39, 0.29) is 91.3 Å². The molecule has 0 radical (unpaired) electrons. The van der Waals surface area contributed by atoms with E-state index in [4.69, 9.17) is 18.9 Å². The lowest BCUT2D eigenvalue weighted by atomic mass is 9.70. The zero-order valence-corrected chi connectivity index (χ0v) is 47.4. The van der Waals surface area contributed by atoms with Crippen molar-refractivity contribution in [2.24, 2.45) is 0 Å². The number of carbonyl (C=O) groups is 1. The molecule has 5 rings (SSSR count). The summed E-state index contributed by atoms with van der Waals surface area (Å²) < 4.78 is 198. The van der Waals surface area contributed by atoms with Gasteiger partial charge in [-0.15, -0.1) is 0 Å². The standard InChI is InChI=1S/C51H65NO21S5/c1-35-16-17-39-41(31-37(75(58,59)60)33-44(39)77(64,65)66)48(35)50(3,20-12-30-74(55,56)57)36(2)13-8-6-9-14-46-51(4,21-23-71-26-27-73-29-28-72-25-24-70-5)49-42-32-38(76(61,62)63)34-45(78(67,68)69)40(42)18-19-43(49)52(46)22-11-7-10-15-47(53)54/h6,8-9,13-14,16-19,31-34H,2,7,10-12,15,20-30H2,1,3-5H3,(H,53,54)(H,55,56,57)(H,58,59,60)(H,61,62,63)(H,64,65,66)(H,67,68,69)/b9-6+,13-8+,46-14+. The maximum atomic E-state index is 12.9. The Morgan fingerprint density at radius 3 is 1.74 bits per heavy atom. The highest BCUT2D eigenvalue weighted by Gasteiger charge is 2.45. The number of hydrogen-bond acceptors (Lipinski definition) is 16. The lowest BCUT2D eigenvalue weighted by molar-refractivity contribution is -0.137. The molecule has 6 N–H and O–H groups in total. The fourth-order valence-electron chi connectivity index (χ4n) is 9.74. The number of anilines is 1. The van der Waals surface area contributed by atoms with Crippen LogP contribution in [0.4, 0.5) is 5.69 Å². The van der Waals surface area contributed by atoms with Crippen molar-refractivity contribution in [3.63, 3.8) is 0 Å². The van der Waals surface area contributed by atoms with Gasteiger partial charge in [-0.1, -0.05) is 62.4 Å². The van der Waals surface area contributed by atoms with Crippen LogP contribution in [0.2, 0.25) is 0 Å². The van der Waals surface area contributed by atoms with Crippen LogP contribution in [0.15, 0.2) is 116 Å². The molecule has 78 heavy (non-hydrogen) atoms. The minimum Gasteiger partial charge on any atom is -0.481 e. The van der Waals surface area contributed by atoms with Gasteiger partial charge in [0.1, 0.15) is 9.79 Å². The molecule has 0 saturated carbocycles. The summed E-state index contributed by atoms with van der Waals surface area (Å²) in [6, 6.07) is 9.27. The second kappa shape index (κ2) is 26.1. The monoisotopic (exact) mass is 1190 g/mol. The fourth-order valence-corrected chi connectivity index (χ4v) is 12.9. The molecule has 430 valence electrons. The lowest BCUT2D eigenvalue weighted by Crippen LogP contribution is -2.30. The topological polar surface area (TPSA) is 349 Å². The molecule has 0 aliphatic carbocycles. The van der Waals surface area contributed by atoms with Gasteiger partial charge in [0.2, 0.25) is 0 Å². The molecule has 0 aromatic heterocycles. The number of aliphatic carboxylic acids is 1. The Morgan fingerprint density at radius 2 is 1.21 bits per heavy atom. The lowest BCUT2D eigenvalue weighted by Gasteiger charge is -2.34. The van der Waals surface area contributed by atoms with E-state index in [9.17, 15) is 74.8 Å². The van der Waals surface area contributed by atoms with Crippen molar-refractivity contribution in [3.8, 4) is 0 Å². The number of hydrogen-bond donors (Lipinski definition) is 6. The van der Waals surface area contributed by atoms with E-state index in [1.807, 2.05) is 11.8 Å². The summed E-state index contributed by atoms with van der Waals surface area (Å²) in [7, 11) is -23.3. The van der Waals surface area contributed by atoms with E-state index in [0.717, 1.165) is 12.1 Å². The van der Waals surface area contributed by atoms with Gasteiger partial charge in [-0.2, -0.15) is 42.1 Å². The van der Waals surface area contributed by atoms with Gasteiger partial charge in [0, 0.05) is 59.7 Å². The van der Waals surface area contributed by atoms with Gasteiger partial charge in [0.05, 0.1) is 55.2 Å². The highest BCUT2D eigenvalue weighted by Crippen LogP contribution is 2.54. The van der Waals surface area contributed by atoms with Crippen molar-refractivity contribution >= 4 is 83.8 Å². The second-order valence-electron chi connectivity index (χ2n) is 19.0. The number of carboxylic acid groups (broad SMARTS) is 1. The van der Waals surface area contributed by atoms with Crippen molar-refractivity contribution in [1.29, 1.82) is 0 Å². The molecule has 0 fully saturated rings. The molecule has 0 spiro atoms. The molecule has 1 heterocycles. The third-order valence-corrected chi connectivity index (χ3v) is 17.7.